The highest BCUT2D eigenvalue weighted by atomic mass is 79.9. The second-order valence-electron chi connectivity index (χ2n) is 5.04. The van der Waals surface area contributed by atoms with Gasteiger partial charge in [0.25, 0.3) is 0 Å². The zero-order valence-electron chi connectivity index (χ0n) is 10.6. The van der Waals surface area contributed by atoms with Gasteiger partial charge >= 0.3 is 6.18 Å². The Labute approximate surface area is 122 Å². The van der Waals surface area contributed by atoms with Gasteiger partial charge in [0.05, 0.1) is 11.1 Å². The third-order valence-corrected chi connectivity index (χ3v) is 3.89. The molecule has 1 fully saturated rings. The number of hydrogen-bond donors (Lipinski definition) is 2. The van der Waals surface area contributed by atoms with Crippen molar-refractivity contribution in [1.29, 1.82) is 0 Å². The smallest absolute Gasteiger partial charge is 0.324 e. The molecule has 3 N–H and O–H groups in total. The predicted molar refractivity (Wildman–Crippen MR) is 73.2 cm³/mol. The number of rotatable bonds is 2. The lowest BCUT2D eigenvalue weighted by Gasteiger charge is -2.22. The summed E-state index contributed by atoms with van der Waals surface area (Å²) in [5.74, 6) is -0.429. The number of benzene rings is 1. The Hall–Kier alpha value is -1.08. The normalized spacial score (nSPS) is 18.1. The van der Waals surface area contributed by atoms with E-state index >= 15 is 0 Å². The van der Waals surface area contributed by atoms with Gasteiger partial charge in [-0.1, -0.05) is 28.8 Å². The fourth-order valence-corrected chi connectivity index (χ4v) is 2.81. The molecule has 1 aromatic carbocycles. The fraction of sp³-hybridized carbons (Fsp3) is 0.462. The molecule has 0 heterocycles. The van der Waals surface area contributed by atoms with Crippen LogP contribution >= 0.6 is 15.9 Å². The van der Waals surface area contributed by atoms with Crippen LogP contribution in [0.3, 0.4) is 0 Å². The minimum atomic E-state index is -4.46. The van der Waals surface area contributed by atoms with Gasteiger partial charge in [-0.2, -0.15) is 13.2 Å². The van der Waals surface area contributed by atoms with Gasteiger partial charge in [-0.3, -0.25) is 4.79 Å². The van der Waals surface area contributed by atoms with Crippen molar-refractivity contribution in [2.45, 2.75) is 37.4 Å². The van der Waals surface area contributed by atoms with Crippen LogP contribution < -0.4 is 11.1 Å². The van der Waals surface area contributed by atoms with Crippen molar-refractivity contribution in [1.82, 2.24) is 0 Å². The molecule has 1 aromatic rings. The molecule has 20 heavy (non-hydrogen) atoms. The van der Waals surface area contributed by atoms with Crippen molar-refractivity contribution < 1.29 is 18.0 Å². The van der Waals surface area contributed by atoms with Crippen molar-refractivity contribution in [3.05, 3.63) is 28.2 Å². The number of nitrogens with two attached hydrogens (primary N) is 1. The van der Waals surface area contributed by atoms with E-state index in [-0.39, 0.29) is 10.2 Å². The minimum Gasteiger partial charge on any atom is -0.324 e. The number of carbonyl (C=O) groups is 1. The molecule has 7 heteroatoms. The van der Waals surface area contributed by atoms with Crippen LogP contribution in [0.5, 0.6) is 0 Å². The maximum atomic E-state index is 12.7. The Morgan fingerprint density at radius 2 is 1.85 bits per heavy atom. The van der Waals surface area contributed by atoms with E-state index in [2.05, 4.69) is 21.2 Å². The summed E-state index contributed by atoms with van der Waals surface area (Å²) in [6, 6.07) is 3.29. The molecule has 1 amide bonds. The monoisotopic (exact) mass is 350 g/mol. The van der Waals surface area contributed by atoms with Crippen molar-refractivity contribution >= 4 is 27.5 Å². The minimum absolute atomic E-state index is 0.0911. The number of anilines is 1. The molecule has 1 aliphatic rings. The molecule has 0 unspecified atom stereocenters. The number of nitrogens with one attached hydrogen (secondary N) is 1. The summed E-state index contributed by atoms with van der Waals surface area (Å²) in [5, 5.41) is 2.48. The van der Waals surface area contributed by atoms with Crippen LogP contribution in [0.25, 0.3) is 0 Å². The van der Waals surface area contributed by atoms with Gasteiger partial charge in [0.1, 0.15) is 0 Å². The van der Waals surface area contributed by atoms with E-state index in [4.69, 9.17) is 5.73 Å². The number of amides is 1. The number of alkyl halides is 3. The number of carbonyl (C=O) groups excluding carboxylic acids is 1. The average molecular weight is 351 g/mol. The molecule has 0 aliphatic heterocycles. The van der Waals surface area contributed by atoms with E-state index < -0.39 is 23.2 Å². The highest BCUT2D eigenvalue weighted by Crippen LogP contribution is 2.34. The van der Waals surface area contributed by atoms with Crippen LogP contribution in [-0.2, 0) is 11.0 Å². The first-order valence-corrected chi connectivity index (χ1v) is 6.98. The third kappa shape index (κ3) is 3.32. The van der Waals surface area contributed by atoms with E-state index in [9.17, 15) is 18.0 Å². The summed E-state index contributed by atoms with van der Waals surface area (Å²) >= 11 is 3.01. The van der Waals surface area contributed by atoms with Crippen LogP contribution in [0, 0.1) is 0 Å². The summed E-state index contributed by atoms with van der Waals surface area (Å²) in [6.07, 6.45) is -1.64. The topological polar surface area (TPSA) is 55.1 Å². The third-order valence-electron chi connectivity index (χ3n) is 3.43. The van der Waals surface area contributed by atoms with Gasteiger partial charge < -0.3 is 11.1 Å². The number of hydrogen-bond acceptors (Lipinski definition) is 2. The number of halogens is 4. The zero-order chi connectivity index (χ0) is 15.0. The van der Waals surface area contributed by atoms with Gasteiger partial charge in [-0.05, 0) is 31.0 Å². The van der Waals surface area contributed by atoms with Crippen LogP contribution in [0.4, 0.5) is 18.9 Å². The summed E-state index contributed by atoms with van der Waals surface area (Å²) in [6.45, 7) is 0. The Kier molecular flexibility index (Phi) is 4.11. The predicted octanol–water partition coefficient (Wildman–Crippen LogP) is 3.68. The Bertz CT molecular complexity index is 525. The van der Waals surface area contributed by atoms with Crippen LogP contribution in [0.15, 0.2) is 22.7 Å². The lowest BCUT2D eigenvalue weighted by Crippen LogP contribution is -2.48. The first-order valence-electron chi connectivity index (χ1n) is 6.19. The van der Waals surface area contributed by atoms with Crippen molar-refractivity contribution in [3.63, 3.8) is 0 Å². The molecule has 0 bridgehead atoms. The second kappa shape index (κ2) is 5.37. The van der Waals surface area contributed by atoms with E-state index in [1.807, 2.05) is 0 Å². The molecule has 0 radical (unpaired) electrons. The standard InChI is InChI=1S/C13H14BrF3N2O/c14-9-5-8(13(15,16)17)6-10(7-9)19-11(20)12(18)3-1-2-4-12/h5-7H,1-4,18H2,(H,19,20). The highest BCUT2D eigenvalue weighted by Gasteiger charge is 2.37. The highest BCUT2D eigenvalue weighted by molar-refractivity contribution is 9.10. The quantitative estimate of drug-likeness (QED) is 0.854. The lowest BCUT2D eigenvalue weighted by atomic mass is 9.98. The van der Waals surface area contributed by atoms with Crippen LogP contribution in [0.1, 0.15) is 31.2 Å². The summed E-state index contributed by atoms with van der Waals surface area (Å²) < 4.78 is 38.4. The van der Waals surface area contributed by atoms with Crippen LogP contribution in [0.2, 0.25) is 0 Å². The van der Waals surface area contributed by atoms with Crippen molar-refractivity contribution in [2.24, 2.45) is 5.73 Å². The van der Waals surface area contributed by atoms with Gasteiger partial charge in [0, 0.05) is 10.2 Å². The van der Waals surface area contributed by atoms with Gasteiger partial charge in [0.15, 0.2) is 0 Å². The molecule has 110 valence electrons. The molecule has 1 aliphatic carbocycles. The fourth-order valence-electron chi connectivity index (χ4n) is 2.31. The molecule has 0 spiro atoms. The molecule has 0 saturated heterocycles. The van der Waals surface area contributed by atoms with E-state index in [1.165, 1.54) is 6.07 Å². The maximum Gasteiger partial charge on any atom is 0.416 e. The molecular formula is C13H14BrF3N2O. The molecule has 2 rings (SSSR count). The SMILES string of the molecule is NC1(C(=O)Nc2cc(Br)cc(C(F)(F)F)c2)CCCC1. The largest absolute Gasteiger partial charge is 0.416 e. The van der Waals surface area contributed by atoms with Gasteiger partial charge in [-0.25, -0.2) is 0 Å². The van der Waals surface area contributed by atoms with Crippen LogP contribution in [-0.4, -0.2) is 11.4 Å². The Morgan fingerprint density at radius 3 is 2.40 bits per heavy atom. The average Bonchev–Trinajstić information content (AvgIpc) is 2.75. The van der Waals surface area contributed by atoms with E-state index in [0.29, 0.717) is 12.8 Å². The molecule has 0 atom stereocenters. The Balaban J connectivity index is 2.21. The lowest BCUT2D eigenvalue weighted by molar-refractivity contribution is -0.137. The molecule has 1 saturated carbocycles. The summed E-state index contributed by atoms with van der Waals surface area (Å²) in [5.41, 5.74) is 4.27. The second-order valence-corrected chi connectivity index (χ2v) is 5.96. The van der Waals surface area contributed by atoms with E-state index in [1.54, 1.807) is 0 Å². The first-order chi connectivity index (χ1) is 9.21. The first kappa shape index (κ1) is 15.3. The van der Waals surface area contributed by atoms with E-state index in [0.717, 1.165) is 25.0 Å². The molecular weight excluding hydrogens is 337 g/mol. The van der Waals surface area contributed by atoms with Gasteiger partial charge in [0.2, 0.25) is 5.91 Å². The van der Waals surface area contributed by atoms with Crippen molar-refractivity contribution in [3.8, 4) is 0 Å². The van der Waals surface area contributed by atoms with Crippen molar-refractivity contribution in [2.75, 3.05) is 5.32 Å². The van der Waals surface area contributed by atoms with Gasteiger partial charge in [-0.15, -0.1) is 0 Å². The molecule has 3 nitrogen and oxygen atoms in total. The Morgan fingerprint density at radius 1 is 1.25 bits per heavy atom. The maximum absolute atomic E-state index is 12.7. The zero-order valence-corrected chi connectivity index (χ0v) is 12.1. The summed E-state index contributed by atoms with van der Waals surface area (Å²) in [7, 11) is 0. The molecule has 0 aromatic heterocycles. The summed E-state index contributed by atoms with van der Waals surface area (Å²) in [4.78, 5) is 12.1.